The highest BCUT2D eigenvalue weighted by molar-refractivity contribution is 9.10. The molecule has 0 aromatic heterocycles. The number of hydrogen-bond donors (Lipinski definition) is 1. The van der Waals surface area contributed by atoms with Crippen LogP contribution in [0.25, 0.3) is 0 Å². The van der Waals surface area contributed by atoms with E-state index in [4.69, 9.17) is 5.73 Å². The maximum atomic E-state index is 13.4. The molecular formula is C10H9BrF5N. The zero-order chi connectivity index (χ0) is 13.2. The van der Waals surface area contributed by atoms with Crippen molar-refractivity contribution in [3.8, 4) is 0 Å². The molecule has 0 bridgehead atoms. The third-order valence-corrected chi connectivity index (χ3v) is 2.71. The Balaban J connectivity index is 2.85. The molecule has 0 aliphatic rings. The lowest BCUT2D eigenvalue weighted by Gasteiger charge is -2.15. The third kappa shape index (κ3) is 4.23. The number of rotatable bonds is 3. The minimum absolute atomic E-state index is 0.00638. The summed E-state index contributed by atoms with van der Waals surface area (Å²) in [7, 11) is 0. The molecule has 7 heteroatoms. The van der Waals surface area contributed by atoms with Gasteiger partial charge in [-0.1, -0.05) is 0 Å². The van der Waals surface area contributed by atoms with E-state index in [2.05, 4.69) is 15.9 Å². The minimum atomic E-state index is -4.45. The van der Waals surface area contributed by atoms with Gasteiger partial charge in [0.15, 0.2) is 0 Å². The Bertz CT molecular complexity index is 404. The Labute approximate surface area is 103 Å². The summed E-state index contributed by atoms with van der Waals surface area (Å²) in [6.45, 7) is 0. The van der Waals surface area contributed by atoms with Gasteiger partial charge in [0.25, 0.3) is 0 Å². The number of halogens is 6. The fourth-order valence-electron chi connectivity index (χ4n) is 1.39. The van der Waals surface area contributed by atoms with E-state index in [0.717, 1.165) is 12.1 Å². The first-order valence-electron chi connectivity index (χ1n) is 4.65. The van der Waals surface area contributed by atoms with Gasteiger partial charge in [0.2, 0.25) is 0 Å². The summed E-state index contributed by atoms with van der Waals surface area (Å²) < 4.78 is 62.7. The van der Waals surface area contributed by atoms with Crippen LogP contribution in [0.5, 0.6) is 0 Å². The summed E-state index contributed by atoms with van der Waals surface area (Å²) in [5, 5.41) is 0. The number of alkyl halides is 3. The second kappa shape index (κ2) is 5.30. The largest absolute Gasteiger partial charge is 0.390 e. The second-order valence-electron chi connectivity index (χ2n) is 3.61. The molecule has 0 amide bonds. The van der Waals surface area contributed by atoms with Gasteiger partial charge in [0.1, 0.15) is 11.6 Å². The molecule has 1 atom stereocenters. The van der Waals surface area contributed by atoms with E-state index < -0.39 is 42.3 Å². The normalized spacial score (nSPS) is 13.8. The van der Waals surface area contributed by atoms with Gasteiger partial charge in [-0.2, -0.15) is 13.2 Å². The maximum Gasteiger partial charge on any atom is 0.390 e. The summed E-state index contributed by atoms with van der Waals surface area (Å²) in [5.74, 6) is -1.81. The highest BCUT2D eigenvalue weighted by Crippen LogP contribution is 2.26. The molecule has 0 saturated heterocycles. The highest BCUT2D eigenvalue weighted by Gasteiger charge is 2.31. The van der Waals surface area contributed by atoms with Crippen LogP contribution in [-0.2, 0) is 6.42 Å². The Morgan fingerprint density at radius 3 is 2.35 bits per heavy atom. The van der Waals surface area contributed by atoms with Crippen LogP contribution < -0.4 is 5.73 Å². The summed E-state index contributed by atoms with van der Waals surface area (Å²) in [4.78, 5) is 0. The third-order valence-electron chi connectivity index (χ3n) is 2.10. The molecular weight excluding hydrogens is 309 g/mol. The fourth-order valence-corrected chi connectivity index (χ4v) is 1.76. The van der Waals surface area contributed by atoms with Gasteiger partial charge >= 0.3 is 6.18 Å². The van der Waals surface area contributed by atoms with Gasteiger partial charge in [-0.25, -0.2) is 8.78 Å². The molecule has 0 saturated carbocycles. The van der Waals surface area contributed by atoms with Gasteiger partial charge in [0, 0.05) is 11.6 Å². The monoisotopic (exact) mass is 317 g/mol. The Morgan fingerprint density at radius 1 is 1.24 bits per heavy atom. The van der Waals surface area contributed by atoms with Crippen LogP contribution in [0.4, 0.5) is 22.0 Å². The van der Waals surface area contributed by atoms with Crippen LogP contribution in [0.1, 0.15) is 12.0 Å². The van der Waals surface area contributed by atoms with Crippen LogP contribution in [-0.4, -0.2) is 12.2 Å². The van der Waals surface area contributed by atoms with E-state index in [-0.39, 0.29) is 4.47 Å². The lowest BCUT2D eigenvalue weighted by Crippen LogP contribution is -2.30. The molecule has 0 heterocycles. The van der Waals surface area contributed by atoms with E-state index in [1.165, 1.54) is 0 Å². The molecule has 2 N–H and O–H groups in total. The first-order valence-corrected chi connectivity index (χ1v) is 5.44. The fraction of sp³-hybridized carbons (Fsp3) is 0.400. The minimum Gasteiger partial charge on any atom is -0.327 e. The van der Waals surface area contributed by atoms with E-state index in [1.807, 2.05) is 0 Å². The lowest BCUT2D eigenvalue weighted by atomic mass is 10.0. The first kappa shape index (κ1) is 14.4. The molecule has 1 unspecified atom stereocenters. The summed E-state index contributed by atoms with van der Waals surface area (Å²) in [5.41, 5.74) is 4.78. The van der Waals surface area contributed by atoms with Gasteiger partial charge in [-0.05, 0) is 34.5 Å². The Morgan fingerprint density at radius 2 is 1.82 bits per heavy atom. The van der Waals surface area contributed by atoms with Crippen molar-refractivity contribution in [1.29, 1.82) is 0 Å². The predicted molar refractivity (Wildman–Crippen MR) is 56.4 cm³/mol. The van der Waals surface area contributed by atoms with Crippen LogP contribution in [0.2, 0.25) is 0 Å². The zero-order valence-corrected chi connectivity index (χ0v) is 10.1. The SMILES string of the molecule is NC(Cc1c(F)ccc(Br)c1F)CC(F)(F)F. The predicted octanol–water partition coefficient (Wildman–Crippen LogP) is 3.55. The molecule has 1 rings (SSSR count). The van der Waals surface area contributed by atoms with Crippen molar-refractivity contribution in [2.75, 3.05) is 0 Å². The van der Waals surface area contributed by atoms with Crippen molar-refractivity contribution < 1.29 is 22.0 Å². The molecule has 0 aliphatic heterocycles. The number of nitrogens with two attached hydrogens (primary N) is 1. The van der Waals surface area contributed by atoms with Crippen molar-refractivity contribution >= 4 is 15.9 Å². The lowest BCUT2D eigenvalue weighted by molar-refractivity contribution is -0.138. The van der Waals surface area contributed by atoms with E-state index in [9.17, 15) is 22.0 Å². The molecule has 17 heavy (non-hydrogen) atoms. The quantitative estimate of drug-likeness (QED) is 0.669. The Hall–Kier alpha value is -0.690. The molecule has 0 fully saturated rings. The van der Waals surface area contributed by atoms with Gasteiger partial charge in [-0.3, -0.25) is 0 Å². The summed E-state index contributed by atoms with van der Waals surface area (Å²) in [6.07, 6.45) is -6.23. The topological polar surface area (TPSA) is 26.0 Å². The maximum absolute atomic E-state index is 13.4. The summed E-state index contributed by atoms with van der Waals surface area (Å²) >= 11 is 2.83. The number of benzene rings is 1. The second-order valence-corrected chi connectivity index (χ2v) is 4.46. The van der Waals surface area contributed by atoms with E-state index >= 15 is 0 Å². The van der Waals surface area contributed by atoms with Crippen LogP contribution in [0, 0.1) is 11.6 Å². The first-order chi connectivity index (χ1) is 7.70. The molecule has 1 nitrogen and oxygen atoms in total. The van der Waals surface area contributed by atoms with Crippen LogP contribution in [0.15, 0.2) is 16.6 Å². The average molecular weight is 318 g/mol. The van der Waals surface area contributed by atoms with Crippen LogP contribution >= 0.6 is 15.9 Å². The van der Waals surface area contributed by atoms with Gasteiger partial charge in [-0.15, -0.1) is 0 Å². The molecule has 1 aromatic carbocycles. The van der Waals surface area contributed by atoms with Crippen molar-refractivity contribution in [3.63, 3.8) is 0 Å². The zero-order valence-electron chi connectivity index (χ0n) is 8.49. The Kier molecular flexibility index (Phi) is 4.48. The van der Waals surface area contributed by atoms with Crippen molar-refractivity contribution in [2.24, 2.45) is 5.73 Å². The van der Waals surface area contributed by atoms with E-state index in [1.54, 1.807) is 0 Å². The summed E-state index contributed by atoms with van der Waals surface area (Å²) in [6, 6.07) is 0.750. The van der Waals surface area contributed by atoms with Crippen molar-refractivity contribution in [1.82, 2.24) is 0 Å². The van der Waals surface area contributed by atoms with Gasteiger partial charge in [0.05, 0.1) is 10.9 Å². The molecule has 96 valence electrons. The van der Waals surface area contributed by atoms with Crippen LogP contribution in [0.3, 0.4) is 0 Å². The van der Waals surface area contributed by atoms with Crippen molar-refractivity contribution in [3.05, 3.63) is 33.8 Å². The van der Waals surface area contributed by atoms with E-state index in [0.29, 0.717) is 0 Å². The molecule has 1 aromatic rings. The highest BCUT2D eigenvalue weighted by atomic mass is 79.9. The average Bonchev–Trinajstić information content (AvgIpc) is 2.16. The molecule has 0 radical (unpaired) electrons. The number of hydrogen-bond acceptors (Lipinski definition) is 1. The van der Waals surface area contributed by atoms with Gasteiger partial charge < -0.3 is 5.73 Å². The van der Waals surface area contributed by atoms with Crippen molar-refractivity contribution in [2.45, 2.75) is 25.1 Å². The molecule has 0 aliphatic carbocycles. The standard InChI is InChI=1S/C10H9BrF5N/c11-7-1-2-8(12)6(9(7)13)3-5(17)4-10(14,15)16/h1-2,5H,3-4,17H2. The smallest absolute Gasteiger partial charge is 0.327 e. The molecule has 0 spiro atoms.